The molecule has 3 saturated heterocycles. The highest BCUT2D eigenvalue weighted by molar-refractivity contribution is 5.85. The van der Waals surface area contributed by atoms with Crippen LogP contribution in [0.2, 0.25) is 0 Å². The number of rotatable bonds is 6. The number of hydroxylamine groups is 2. The topological polar surface area (TPSA) is 77.2 Å². The molecule has 28 heavy (non-hydrogen) atoms. The fourth-order valence-electron chi connectivity index (χ4n) is 3.95. The average molecular weight is 438 g/mol. The molecule has 8 nitrogen and oxygen atoms in total. The van der Waals surface area contributed by atoms with Crippen molar-refractivity contribution in [3.63, 3.8) is 0 Å². The second kappa shape index (κ2) is 13.4. The smallest absolute Gasteiger partial charge is 0.331 e. The van der Waals surface area contributed by atoms with Gasteiger partial charge in [-0.3, -0.25) is 4.90 Å². The second-order valence-electron chi connectivity index (χ2n) is 7.33. The molecular weight excluding hydrogens is 405 g/mol. The Bertz CT molecular complexity index is 513. The van der Waals surface area contributed by atoms with Crippen molar-refractivity contribution < 1.29 is 14.4 Å². The zero-order chi connectivity index (χ0) is 18.2. The van der Waals surface area contributed by atoms with E-state index in [1.165, 1.54) is 19.3 Å². The molecule has 0 aromatic rings. The molecular formula is C18H33Cl2N5O3. The van der Waals surface area contributed by atoms with E-state index in [1.54, 1.807) is 5.06 Å². The lowest BCUT2D eigenvalue weighted by molar-refractivity contribution is -0.198. The molecule has 162 valence electrons. The third-order valence-electron chi connectivity index (χ3n) is 5.42. The summed E-state index contributed by atoms with van der Waals surface area (Å²) >= 11 is 0. The molecule has 0 bridgehead atoms. The van der Waals surface area contributed by atoms with E-state index in [2.05, 4.69) is 15.6 Å². The molecule has 0 unspecified atom stereocenters. The number of carbonyl (C=O) groups is 1. The zero-order valence-corrected chi connectivity index (χ0v) is 18.0. The molecule has 0 aliphatic carbocycles. The van der Waals surface area contributed by atoms with Crippen LogP contribution < -0.4 is 10.7 Å². The number of nitrogens with zero attached hydrogens (tertiary/aromatic N) is 3. The molecule has 3 heterocycles. The number of carbonyl (C=O) groups excluding carboxylic acids is 2. The Morgan fingerprint density at radius 2 is 1.64 bits per heavy atom. The van der Waals surface area contributed by atoms with Gasteiger partial charge in [-0.15, -0.1) is 29.9 Å². The van der Waals surface area contributed by atoms with Gasteiger partial charge in [0.2, 0.25) is 0 Å². The highest BCUT2D eigenvalue weighted by Crippen LogP contribution is 2.15. The van der Waals surface area contributed by atoms with E-state index in [1.807, 2.05) is 11.0 Å². The lowest BCUT2D eigenvalue weighted by Gasteiger charge is -2.39. The fraction of sp³-hybridized carbons (Fsp3) is 0.833. The molecule has 0 radical (unpaired) electrons. The standard InChI is InChI=1S/C18H31N5O3.2ClH/c24-15-16(20-22-8-2-1-3-9-22)14-18(25)26-23-12-10-21(11-13-23)17-4-6-19-7-5-17;;/h17,19-20H,1-14H2;2*1H. The minimum Gasteiger partial charge on any atom is -0.367 e. The first-order valence-electron chi connectivity index (χ1n) is 9.90. The van der Waals surface area contributed by atoms with E-state index in [-0.39, 0.29) is 36.9 Å². The van der Waals surface area contributed by atoms with Gasteiger partial charge in [-0.1, -0.05) is 6.42 Å². The highest BCUT2D eigenvalue weighted by Gasteiger charge is 2.27. The summed E-state index contributed by atoms with van der Waals surface area (Å²) in [5, 5.41) is 7.10. The van der Waals surface area contributed by atoms with Crippen LogP contribution in [0.3, 0.4) is 0 Å². The summed E-state index contributed by atoms with van der Waals surface area (Å²) in [7, 11) is 0. The van der Waals surface area contributed by atoms with Crippen LogP contribution in [0.4, 0.5) is 0 Å². The summed E-state index contributed by atoms with van der Waals surface area (Å²) in [6, 6.07) is 0.646. The van der Waals surface area contributed by atoms with Gasteiger partial charge in [-0.25, -0.2) is 14.6 Å². The molecule has 2 N–H and O–H groups in total. The number of hydrogen-bond donors (Lipinski definition) is 2. The van der Waals surface area contributed by atoms with Gasteiger partial charge < -0.3 is 15.6 Å². The van der Waals surface area contributed by atoms with Gasteiger partial charge in [-0.2, -0.15) is 0 Å². The first-order valence-corrected chi connectivity index (χ1v) is 9.90. The van der Waals surface area contributed by atoms with E-state index < -0.39 is 5.97 Å². The van der Waals surface area contributed by atoms with Crippen LogP contribution in [0.25, 0.3) is 0 Å². The van der Waals surface area contributed by atoms with Crippen molar-refractivity contribution in [2.24, 2.45) is 0 Å². The van der Waals surface area contributed by atoms with Crippen LogP contribution in [-0.4, -0.2) is 85.3 Å². The van der Waals surface area contributed by atoms with Gasteiger partial charge in [-0.05, 0) is 38.8 Å². The van der Waals surface area contributed by atoms with Crippen molar-refractivity contribution in [2.75, 3.05) is 52.4 Å². The van der Waals surface area contributed by atoms with E-state index in [4.69, 9.17) is 4.84 Å². The summed E-state index contributed by atoms with van der Waals surface area (Å²) in [5.74, 6) is 1.45. The summed E-state index contributed by atoms with van der Waals surface area (Å²) in [6.07, 6.45) is 5.74. The molecule has 0 saturated carbocycles. The van der Waals surface area contributed by atoms with Crippen LogP contribution in [0.5, 0.6) is 0 Å². The minimum atomic E-state index is -0.400. The summed E-state index contributed by atoms with van der Waals surface area (Å²) in [4.78, 5) is 31.2. The Morgan fingerprint density at radius 1 is 1.00 bits per heavy atom. The number of hydrazine groups is 1. The predicted molar refractivity (Wildman–Crippen MR) is 112 cm³/mol. The van der Waals surface area contributed by atoms with Crippen molar-refractivity contribution in [1.29, 1.82) is 0 Å². The SMILES string of the molecule is Cl.Cl.O=C=C(CC(=O)ON1CCN(C2CCNCC2)CC1)NN1CCCCC1. The molecule has 3 aliphatic heterocycles. The van der Waals surface area contributed by atoms with Crippen LogP contribution >= 0.6 is 24.8 Å². The fourth-order valence-corrected chi connectivity index (χ4v) is 3.95. The number of halogens is 2. The highest BCUT2D eigenvalue weighted by atomic mass is 35.5. The Kier molecular flexibility index (Phi) is 12.0. The van der Waals surface area contributed by atoms with Crippen molar-refractivity contribution >= 4 is 36.7 Å². The molecule has 0 atom stereocenters. The first-order chi connectivity index (χ1) is 12.7. The Hall–Kier alpha value is -0.860. The first kappa shape index (κ1) is 25.2. The van der Waals surface area contributed by atoms with Gasteiger partial charge in [0.15, 0.2) is 0 Å². The zero-order valence-electron chi connectivity index (χ0n) is 16.4. The average Bonchev–Trinajstić information content (AvgIpc) is 2.69. The molecule has 3 rings (SSSR count). The quantitative estimate of drug-likeness (QED) is 0.589. The Balaban J connectivity index is 0.00000196. The molecule has 3 aliphatic rings. The summed E-state index contributed by atoms with van der Waals surface area (Å²) in [6.45, 7) is 7.22. The van der Waals surface area contributed by atoms with Crippen molar-refractivity contribution in [3.8, 4) is 0 Å². The molecule has 3 fully saturated rings. The van der Waals surface area contributed by atoms with Crippen molar-refractivity contribution in [3.05, 3.63) is 5.70 Å². The van der Waals surface area contributed by atoms with E-state index in [9.17, 15) is 9.59 Å². The minimum absolute atomic E-state index is 0. The van der Waals surface area contributed by atoms with E-state index >= 15 is 0 Å². The second-order valence-corrected chi connectivity index (χ2v) is 7.33. The number of piperidine rings is 2. The number of piperazine rings is 1. The van der Waals surface area contributed by atoms with Gasteiger partial charge in [0.1, 0.15) is 11.6 Å². The molecule has 10 heteroatoms. The lowest BCUT2D eigenvalue weighted by atomic mass is 10.0. The van der Waals surface area contributed by atoms with Crippen molar-refractivity contribution in [1.82, 2.24) is 25.7 Å². The van der Waals surface area contributed by atoms with Crippen LogP contribution in [0.15, 0.2) is 5.70 Å². The molecule has 0 amide bonds. The largest absolute Gasteiger partial charge is 0.367 e. The van der Waals surface area contributed by atoms with E-state index in [0.717, 1.165) is 65.2 Å². The predicted octanol–water partition coefficient (Wildman–Crippen LogP) is 0.754. The van der Waals surface area contributed by atoms with Gasteiger partial charge in [0.25, 0.3) is 0 Å². The lowest BCUT2D eigenvalue weighted by Crippen LogP contribution is -2.53. The summed E-state index contributed by atoms with van der Waals surface area (Å²) in [5.41, 5.74) is 3.27. The van der Waals surface area contributed by atoms with Crippen molar-refractivity contribution in [2.45, 2.75) is 44.6 Å². The number of hydrogen-bond acceptors (Lipinski definition) is 8. The van der Waals surface area contributed by atoms with Crippen LogP contribution in [-0.2, 0) is 14.4 Å². The van der Waals surface area contributed by atoms with Crippen LogP contribution in [0.1, 0.15) is 38.5 Å². The Labute approximate surface area is 179 Å². The van der Waals surface area contributed by atoms with Crippen LogP contribution in [0, 0.1) is 0 Å². The third-order valence-corrected chi connectivity index (χ3v) is 5.42. The third kappa shape index (κ3) is 7.87. The summed E-state index contributed by atoms with van der Waals surface area (Å²) < 4.78 is 0. The maximum Gasteiger partial charge on any atom is 0.331 e. The van der Waals surface area contributed by atoms with Gasteiger partial charge in [0, 0.05) is 45.3 Å². The maximum absolute atomic E-state index is 12.2. The normalized spacial score (nSPS) is 22.3. The molecule has 0 spiro atoms. The molecule has 0 aromatic heterocycles. The van der Waals surface area contributed by atoms with Gasteiger partial charge in [0.05, 0.1) is 6.42 Å². The Morgan fingerprint density at radius 3 is 2.25 bits per heavy atom. The van der Waals surface area contributed by atoms with Gasteiger partial charge >= 0.3 is 5.97 Å². The maximum atomic E-state index is 12.2. The monoisotopic (exact) mass is 437 g/mol. The molecule has 0 aromatic carbocycles. The number of nitrogens with one attached hydrogen (secondary N) is 2. The van der Waals surface area contributed by atoms with E-state index in [0.29, 0.717) is 6.04 Å².